The van der Waals surface area contributed by atoms with Gasteiger partial charge in [0.25, 0.3) is 5.56 Å². The number of rotatable bonds is 2. The molecule has 0 aliphatic carbocycles. The van der Waals surface area contributed by atoms with Gasteiger partial charge in [0.2, 0.25) is 0 Å². The van der Waals surface area contributed by atoms with Gasteiger partial charge in [0.1, 0.15) is 5.82 Å². The highest BCUT2D eigenvalue weighted by atomic mass is 19.1. The van der Waals surface area contributed by atoms with Gasteiger partial charge in [-0.1, -0.05) is 24.0 Å². The van der Waals surface area contributed by atoms with Crippen molar-refractivity contribution in [2.45, 2.75) is 13.5 Å². The van der Waals surface area contributed by atoms with E-state index in [0.717, 1.165) is 5.69 Å². The van der Waals surface area contributed by atoms with Gasteiger partial charge in [-0.05, 0) is 25.1 Å². The van der Waals surface area contributed by atoms with Gasteiger partial charge >= 0.3 is 0 Å². The molecule has 102 valence electrons. The summed E-state index contributed by atoms with van der Waals surface area (Å²) in [7, 11) is 0. The number of aromatic nitrogens is 1. The minimum absolute atomic E-state index is 0.142. The molecule has 2 aromatic rings. The van der Waals surface area contributed by atoms with Crippen molar-refractivity contribution in [2.24, 2.45) is 5.73 Å². The van der Waals surface area contributed by atoms with Gasteiger partial charge in [-0.3, -0.25) is 4.79 Å². The van der Waals surface area contributed by atoms with Crippen LogP contribution in [0.1, 0.15) is 16.8 Å². The van der Waals surface area contributed by atoms with E-state index in [1.165, 1.54) is 16.7 Å². The van der Waals surface area contributed by atoms with Gasteiger partial charge in [-0.2, -0.15) is 0 Å². The second kappa shape index (κ2) is 6.18. The molecule has 0 spiro atoms. The number of aryl methyl sites for hydroxylation is 1. The summed E-state index contributed by atoms with van der Waals surface area (Å²) in [5.74, 6) is 5.08. The molecular weight excluding hydrogens is 255 g/mol. The number of hydrogen-bond donors (Lipinski definition) is 1. The van der Waals surface area contributed by atoms with Crippen molar-refractivity contribution in [1.29, 1.82) is 0 Å². The number of benzene rings is 1. The molecule has 0 amide bonds. The summed E-state index contributed by atoms with van der Waals surface area (Å²) in [6.07, 6.45) is 0. The molecule has 0 saturated heterocycles. The molecule has 0 radical (unpaired) electrons. The highest BCUT2D eigenvalue weighted by Gasteiger charge is 2.06. The number of nitrogens with two attached hydrogens (primary N) is 1. The Bertz CT molecular complexity index is 738. The summed E-state index contributed by atoms with van der Waals surface area (Å²) >= 11 is 0. The number of pyridine rings is 1. The van der Waals surface area contributed by atoms with Crippen LogP contribution in [0.4, 0.5) is 4.39 Å². The molecule has 3 nitrogen and oxygen atoms in total. The smallest absolute Gasteiger partial charge is 0.251 e. The third-order valence-corrected chi connectivity index (χ3v) is 2.98. The topological polar surface area (TPSA) is 48.0 Å². The molecule has 1 aromatic carbocycles. The predicted octanol–water partition coefficient (Wildman–Crippen LogP) is 1.65. The fraction of sp³-hybridized carbons (Fsp3) is 0.188. The van der Waals surface area contributed by atoms with Gasteiger partial charge in [0.15, 0.2) is 0 Å². The summed E-state index contributed by atoms with van der Waals surface area (Å²) in [6, 6.07) is 9.71. The normalized spacial score (nSPS) is 9.95. The Morgan fingerprint density at radius 2 is 2.10 bits per heavy atom. The van der Waals surface area contributed by atoms with E-state index in [2.05, 4.69) is 11.8 Å². The largest absolute Gasteiger partial charge is 0.320 e. The summed E-state index contributed by atoms with van der Waals surface area (Å²) < 4.78 is 15.5. The standard InChI is InChI=1S/C16H15FN2O/c1-12-4-2-6-16(20)19(12)11-14-8-7-13(5-3-9-18)10-15(14)17/h2,4,6-8,10H,9,11,18H2,1H3. The molecule has 0 saturated carbocycles. The SMILES string of the molecule is Cc1cccc(=O)n1Cc1ccc(C#CCN)cc1F. The lowest BCUT2D eigenvalue weighted by Crippen LogP contribution is -2.21. The Morgan fingerprint density at radius 3 is 2.75 bits per heavy atom. The monoisotopic (exact) mass is 270 g/mol. The van der Waals surface area contributed by atoms with E-state index < -0.39 is 0 Å². The average molecular weight is 270 g/mol. The second-order valence-electron chi connectivity index (χ2n) is 4.40. The van der Waals surface area contributed by atoms with Crippen molar-refractivity contribution in [1.82, 2.24) is 4.57 Å². The molecule has 2 N–H and O–H groups in total. The first-order chi connectivity index (χ1) is 9.61. The Labute approximate surface area is 116 Å². The Kier molecular flexibility index (Phi) is 4.34. The number of nitrogens with zero attached hydrogens (tertiary/aromatic N) is 1. The van der Waals surface area contributed by atoms with Crippen molar-refractivity contribution in [3.05, 3.63) is 69.4 Å². The van der Waals surface area contributed by atoms with E-state index in [1.54, 1.807) is 18.2 Å². The van der Waals surface area contributed by atoms with Gasteiger partial charge in [-0.15, -0.1) is 0 Å². The van der Waals surface area contributed by atoms with Crippen LogP contribution in [0, 0.1) is 24.6 Å². The predicted molar refractivity (Wildman–Crippen MR) is 76.9 cm³/mol. The van der Waals surface area contributed by atoms with Crippen LogP contribution in [0.15, 0.2) is 41.2 Å². The molecular formula is C16H15FN2O. The minimum atomic E-state index is -0.371. The Hall–Kier alpha value is -2.38. The fourth-order valence-corrected chi connectivity index (χ4v) is 1.90. The molecule has 2 rings (SSSR count). The molecule has 0 bridgehead atoms. The molecule has 4 heteroatoms. The highest BCUT2D eigenvalue weighted by molar-refractivity contribution is 5.37. The highest BCUT2D eigenvalue weighted by Crippen LogP contribution is 2.11. The quantitative estimate of drug-likeness (QED) is 0.844. The fourth-order valence-electron chi connectivity index (χ4n) is 1.90. The first kappa shape index (κ1) is 14.0. The van der Waals surface area contributed by atoms with Crippen molar-refractivity contribution in [3.8, 4) is 11.8 Å². The maximum Gasteiger partial charge on any atom is 0.251 e. The van der Waals surface area contributed by atoms with E-state index >= 15 is 0 Å². The van der Waals surface area contributed by atoms with Crippen molar-refractivity contribution < 1.29 is 4.39 Å². The van der Waals surface area contributed by atoms with Crippen LogP contribution in [0.3, 0.4) is 0 Å². The molecule has 0 unspecified atom stereocenters. The van der Waals surface area contributed by atoms with Gasteiger partial charge < -0.3 is 10.3 Å². The molecule has 0 atom stereocenters. The average Bonchev–Trinajstić information content (AvgIpc) is 2.42. The summed E-state index contributed by atoms with van der Waals surface area (Å²) in [5.41, 5.74) is 6.96. The maximum atomic E-state index is 14.0. The molecule has 1 heterocycles. The zero-order valence-electron chi connectivity index (χ0n) is 11.2. The lowest BCUT2D eigenvalue weighted by atomic mass is 10.1. The molecule has 1 aromatic heterocycles. The van der Waals surface area contributed by atoms with Crippen LogP contribution < -0.4 is 11.3 Å². The van der Waals surface area contributed by atoms with Crippen LogP contribution in [-0.2, 0) is 6.54 Å². The van der Waals surface area contributed by atoms with Crippen LogP contribution in [0.25, 0.3) is 0 Å². The maximum absolute atomic E-state index is 14.0. The number of halogens is 1. The number of hydrogen-bond acceptors (Lipinski definition) is 2. The van der Waals surface area contributed by atoms with E-state index in [0.29, 0.717) is 11.1 Å². The first-order valence-corrected chi connectivity index (χ1v) is 6.25. The van der Waals surface area contributed by atoms with E-state index in [4.69, 9.17) is 5.73 Å². The summed E-state index contributed by atoms with van der Waals surface area (Å²) in [6.45, 7) is 2.27. The first-order valence-electron chi connectivity index (χ1n) is 6.25. The van der Waals surface area contributed by atoms with Crippen LogP contribution in [0.2, 0.25) is 0 Å². The summed E-state index contributed by atoms with van der Waals surface area (Å²) in [4.78, 5) is 11.8. The molecule has 0 aliphatic heterocycles. The van der Waals surface area contributed by atoms with Crippen molar-refractivity contribution >= 4 is 0 Å². The zero-order valence-corrected chi connectivity index (χ0v) is 11.2. The minimum Gasteiger partial charge on any atom is -0.320 e. The van der Waals surface area contributed by atoms with Crippen LogP contribution >= 0.6 is 0 Å². The Morgan fingerprint density at radius 1 is 1.30 bits per heavy atom. The molecule has 0 aliphatic rings. The zero-order chi connectivity index (χ0) is 14.5. The summed E-state index contributed by atoms with van der Waals surface area (Å²) in [5, 5.41) is 0. The second-order valence-corrected chi connectivity index (χ2v) is 4.40. The third-order valence-electron chi connectivity index (χ3n) is 2.98. The van der Waals surface area contributed by atoms with E-state index in [-0.39, 0.29) is 24.5 Å². The van der Waals surface area contributed by atoms with Crippen LogP contribution in [-0.4, -0.2) is 11.1 Å². The lowest BCUT2D eigenvalue weighted by Gasteiger charge is -2.10. The van der Waals surface area contributed by atoms with E-state index in [1.807, 2.05) is 13.0 Å². The van der Waals surface area contributed by atoms with E-state index in [9.17, 15) is 9.18 Å². The molecule has 20 heavy (non-hydrogen) atoms. The van der Waals surface area contributed by atoms with Crippen molar-refractivity contribution in [2.75, 3.05) is 6.54 Å². The van der Waals surface area contributed by atoms with Gasteiger partial charge in [-0.25, -0.2) is 4.39 Å². The van der Waals surface area contributed by atoms with Gasteiger partial charge in [0, 0.05) is 22.9 Å². The van der Waals surface area contributed by atoms with Gasteiger partial charge in [0.05, 0.1) is 13.1 Å². The third kappa shape index (κ3) is 3.14. The lowest BCUT2D eigenvalue weighted by molar-refractivity contribution is 0.593. The molecule has 0 fully saturated rings. The van der Waals surface area contributed by atoms with Crippen LogP contribution in [0.5, 0.6) is 0 Å². The van der Waals surface area contributed by atoms with Crippen molar-refractivity contribution in [3.63, 3.8) is 0 Å². The Balaban J connectivity index is 2.33.